The number of nitrogens with zero attached hydrogens (tertiary/aromatic N) is 5. The highest BCUT2D eigenvalue weighted by Gasteiger charge is 2.27. The fraction of sp³-hybridized carbons (Fsp3) is 0.529. The lowest BCUT2D eigenvalue weighted by atomic mass is 10.3. The lowest BCUT2D eigenvalue weighted by molar-refractivity contribution is -0.115. The molecule has 2 aromatic rings. The Morgan fingerprint density at radius 1 is 1.24 bits per heavy atom. The van der Waals surface area contributed by atoms with Crippen LogP contribution in [0.25, 0.3) is 0 Å². The van der Waals surface area contributed by atoms with E-state index in [4.69, 9.17) is 4.74 Å². The van der Waals surface area contributed by atoms with Gasteiger partial charge in [0.2, 0.25) is 21.1 Å². The van der Waals surface area contributed by atoms with Crippen LogP contribution in [0.5, 0.6) is 0 Å². The van der Waals surface area contributed by atoms with E-state index in [0.29, 0.717) is 37.1 Å². The van der Waals surface area contributed by atoms with Crippen molar-refractivity contribution >= 4 is 33.4 Å². The predicted octanol–water partition coefficient (Wildman–Crippen LogP) is 1.39. The highest BCUT2D eigenvalue weighted by Crippen LogP contribution is 2.25. The van der Waals surface area contributed by atoms with Gasteiger partial charge < -0.3 is 10.1 Å². The molecule has 2 heterocycles. The normalized spacial score (nSPS) is 16.7. The summed E-state index contributed by atoms with van der Waals surface area (Å²) in [5.74, 6) is -0.269. The van der Waals surface area contributed by atoms with E-state index in [1.165, 1.54) is 28.2 Å². The summed E-state index contributed by atoms with van der Waals surface area (Å²) in [4.78, 5) is 12.7. The minimum absolute atomic E-state index is 0.0739. The van der Waals surface area contributed by atoms with E-state index in [1.54, 1.807) is 23.7 Å². The number of anilines is 1. The van der Waals surface area contributed by atoms with Gasteiger partial charge in [-0.2, -0.15) is 4.31 Å². The van der Waals surface area contributed by atoms with Gasteiger partial charge in [-0.05, 0) is 49.4 Å². The average Bonchev–Trinajstić information content (AvgIpc) is 3.17. The van der Waals surface area contributed by atoms with Crippen molar-refractivity contribution in [3.8, 4) is 0 Å². The molecule has 0 spiro atoms. The van der Waals surface area contributed by atoms with Crippen molar-refractivity contribution < 1.29 is 17.9 Å². The van der Waals surface area contributed by atoms with Gasteiger partial charge in [-0.15, -0.1) is 5.10 Å². The second-order valence-corrected chi connectivity index (χ2v) is 10.0. The molecule has 1 saturated heterocycles. The van der Waals surface area contributed by atoms with Crippen LogP contribution in [-0.4, -0.2) is 70.4 Å². The maximum atomic E-state index is 12.8. The highest BCUT2D eigenvalue weighted by molar-refractivity contribution is 8.00. The Morgan fingerprint density at radius 3 is 2.66 bits per heavy atom. The Bertz CT molecular complexity index is 956. The molecule has 0 bridgehead atoms. The Hall–Kier alpha value is -2.02. The Morgan fingerprint density at radius 2 is 1.97 bits per heavy atom. The molecule has 1 unspecified atom stereocenters. The van der Waals surface area contributed by atoms with Crippen LogP contribution >= 0.6 is 11.8 Å². The number of hydrogen-bond donors (Lipinski definition) is 1. The standard InChI is InChI=1S/C17H24N6O4S2/c1-12(2)23-17(19-20-21-23)28-13(3)16(24)18-14-5-4-6-15(11-14)29(25,26)22-7-9-27-10-8-22/h4-6,11-13H,7-10H2,1-3H3,(H,18,24). The van der Waals surface area contributed by atoms with Crippen LogP contribution in [0.3, 0.4) is 0 Å². The lowest BCUT2D eigenvalue weighted by Crippen LogP contribution is -2.40. The molecule has 1 aromatic heterocycles. The quantitative estimate of drug-likeness (QED) is 0.642. The van der Waals surface area contributed by atoms with Crippen molar-refractivity contribution in [3.05, 3.63) is 24.3 Å². The molecule has 1 aliphatic rings. The maximum Gasteiger partial charge on any atom is 0.243 e. The fourth-order valence-electron chi connectivity index (χ4n) is 2.71. The third-order valence-corrected chi connectivity index (χ3v) is 7.25. The number of thioether (sulfide) groups is 1. The first-order valence-electron chi connectivity index (χ1n) is 9.22. The zero-order valence-electron chi connectivity index (χ0n) is 16.5. The molecule has 12 heteroatoms. The van der Waals surface area contributed by atoms with Crippen molar-refractivity contribution in [2.75, 3.05) is 31.6 Å². The fourth-order valence-corrected chi connectivity index (χ4v) is 5.09. The molecule has 1 aromatic carbocycles. The minimum Gasteiger partial charge on any atom is -0.379 e. The first-order chi connectivity index (χ1) is 13.8. The molecule has 158 valence electrons. The molecular weight excluding hydrogens is 416 g/mol. The molecule has 1 atom stereocenters. The van der Waals surface area contributed by atoms with Gasteiger partial charge in [-0.3, -0.25) is 4.79 Å². The van der Waals surface area contributed by atoms with Crippen molar-refractivity contribution in [2.24, 2.45) is 0 Å². The summed E-state index contributed by atoms with van der Waals surface area (Å²) >= 11 is 1.24. The van der Waals surface area contributed by atoms with Gasteiger partial charge in [0, 0.05) is 18.8 Å². The number of aromatic nitrogens is 4. The zero-order chi connectivity index (χ0) is 21.0. The minimum atomic E-state index is -3.63. The number of amides is 1. The predicted molar refractivity (Wildman–Crippen MR) is 108 cm³/mol. The van der Waals surface area contributed by atoms with E-state index in [9.17, 15) is 13.2 Å². The number of morpholine rings is 1. The van der Waals surface area contributed by atoms with Crippen molar-refractivity contribution in [1.82, 2.24) is 24.5 Å². The Kier molecular flexibility index (Phi) is 6.88. The summed E-state index contributed by atoms with van der Waals surface area (Å²) in [6.07, 6.45) is 0. The van der Waals surface area contributed by atoms with Crippen molar-refractivity contribution in [1.29, 1.82) is 0 Å². The number of tetrazole rings is 1. The van der Waals surface area contributed by atoms with Crippen LogP contribution < -0.4 is 5.32 Å². The molecule has 0 radical (unpaired) electrons. The second kappa shape index (κ2) is 9.20. The molecule has 29 heavy (non-hydrogen) atoms. The van der Waals surface area contributed by atoms with E-state index < -0.39 is 15.3 Å². The second-order valence-electron chi connectivity index (χ2n) is 6.79. The number of sulfonamides is 1. The van der Waals surface area contributed by atoms with Gasteiger partial charge in [-0.1, -0.05) is 17.8 Å². The van der Waals surface area contributed by atoms with Gasteiger partial charge in [0.05, 0.1) is 29.4 Å². The van der Waals surface area contributed by atoms with Crippen LogP contribution in [0, 0.1) is 0 Å². The van der Waals surface area contributed by atoms with E-state index in [1.807, 2.05) is 13.8 Å². The number of rotatable bonds is 7. The smallest absolute Gasteiger partial charge is 0.243 e. The summed E-state index contributed by atoms with van der Waals surface area (Å²) in [5, 5.41) is 14.4. The highest BCUT2D eigenvalue weighted by atomic mass is 32.2. The van der Waals surface area contributed by atoms with Crippen LogP contribution in [0.2, 0.25) is 0 Å². The molecular formula is C17H24N6O4S2. The third-order valence-electron chi connectivity index (χ3n) is 4.31. The first kappa shape index (κ1) is 21.7. The third kappa shape index (κ3) is 5.13. The summed E-state index contributed by atoms with van der Waals surface area (Å²) in [6, 6.07) is 6.34. The summed E-state index contributed by atoms with van der Waals surface area (Å²) in [7, 11) is -3.63. The maximum absolute atomic E-state index is 12.8. The van der Waals surface area contributed by atoms with Gasteiger partial charge in [-0.25, -0.2) is 13.1 Å². The number of ether oxygens (including phenoxy) is 1. The first-order valence-corrected chi connectivity index (χ1v) is 11.5. The topological polar surface area (TPSA) is 119 Å². The van der Waals surface area contributed by atoms with E-state index in [-0.39, 0.29) is 16.8 Å². The monoisotopic (exact) mass is 440 g/mol. The van der Waals surface area contributed by atoms with Gasteiger partial charge in [0.1, 0.15) is 0 Å². The zero-order valence-corrected chi connectivity index (χ0v) is 18.1. The molecule has 0 saturated carbocycles. The average molecular weight is 441 g/mol. The Labute approximate surface area is 174 Å². The van der Waals surface area contributed by atoms with Gasteiger partial charge in [0.25, 0.3) is 0 Å². The SMILES string of the molecule is CC(Sc1nnnn1C(C)C)C(=O)Nc1cccc(S(=O)(=O)N2CCOCC2)c1. The number of benzene rings is 1. The molecule has 1 aliphatic heterocycles. The number of carbonyl (C=O) groups excluding carboxylic acids is 1. The summed E-state index contributed by atoms with van der Waals surface area (Å²) in [6.45, 7) is 7.03. The summed E-state index contributed by atoms with van der Waals surface area (Å²) < 4.78 is 33.9. The van der Waals surface area contributed by atoms with E-state index in [0.717, 1.165) is 0 Å². The summed E-state index contributed by atoms with van der Waals surface area (Å²) in [5.41, 5.74) is 0.417. The number of nitrogens with one attached hydrogen (secondary N) is 1. The largest absolute Gasteiger partial charge is 0.379 e. The van der Waals surface area contributed by atoms with Gasteiger partial charge >= 0.3 is 0 Å². The molecule has 0 aliphatic carbocycles. The lowest BCUT2D eigenvalue weighted by Gasteiger charge is -2.26. The van der Waals surface area contributed by atoms with Crippen LogP contribution in [0.1, 0.15) is 26.8 Å². The molecule has 1 N–H and O–H groups in total. The molecule has 1 fully saturated rings. The van der Waals surface area contributed by atoms with Crippen LogP contribution in [0.4, 0.5) is 5.69 Å². The van der Waals surface area contributed by atoms with Crippen molar-refractivity contribution in [2.45, 2.75) is 42.1 Å². The van der Waals surface area contributed by atoms with E-state index >= 15 is 0 Å². The number of carbonyl (C=O) groups is 1. The Balaban J connectivity index is 1.69. The van der Waals surface area contributed by atoms with Crippen molar-refractivity contribution in [3.63, 3.8) is 0 Å². The number of hydrogen-bond acceptors (Lipinski definition) is 8. The van der Waals surface area contributed by atoms with E-state index in [2.05, 4.69) is 20.8 Å². The molecule has 1 amide bonds. The molecule has 10 nitrogen and oxygen atoms in total. The van der Waals surface area contributed by atoms with Gasteiger partial charge in [0.15, 0.2) is 0 Å². The van der Waals surface area contributed by atoms with Crippen LogP contribution in [-0.2, 0) is 19.6 Å². The molecule has 3 rings (SSSR count). The van der Waals surface area contributed by atoms with Crippen LogP contribution in [0.15, 0.2) is 34.3 Å².